The van der Waals surface area contributed by atoms with Crippen molar-refractivity contribution < 1.29 is 22.4 Å². The summed E-state index contributed by atoms with van der Waals surface area (Å²) in [6.45, 7) is -0.0402. The summed E-state index contributed by atoms with van der Waals surface area (Å²) in [6.07, 6.45) is 5.16. The molecule has 1 aliphatic carbocycles. The lowest BCUT2D eigenvalue weighted by atomic mass is 9.95. The number of amidine groups is 1. The largest absolute Gasteiger partial charge is 0.353 e. The Morgan fingerprint density at radius 1 is 1.03 bits per heavy atom. The van der Waals surface area contributed by atoms with Gasteiger partial charge in [0.05, 0.1) is 5.56 Å². The van der Waals surface area contributed by atoms with E-state index in [1.54, 1.807) is 18.2 Å². The highest BCUT2D eigenvalue weighted by molar-refractivity contribution is 7.90. The molecule has 1 aliphatic heterocycles. The number of fused-ring (bicyclic) bond motifs is 1. The molecule has 0 aromatic heterocycles. The summed E-state index contributed by atoms with van der Waals surface area (Å²) in [7, 11) is -3.95. The predicted octanol–water partition coefficient (Wildman–Crippen LogP) is 2.76. The molecule has 2 N–H and O–H groups in total. The summed E-state index contributed by atoms with van der Waals surface area (Å²) in [6, 6.07) is 11.8. The molecule has 0 radical (unpaired) electrons. The first kappa shape index (κ1) is 22.9. The Kier molecular flexibility index (Phi) is 6.73. The molecule has 0 spiro atoms. The van der Waals surface area contributed by atoms with Crippen LogP contribution in [0.1, 0.15) is 54.4 Å². The van der Waals surface area contributed by atoms with Crippen LogP contribution < -0.4 is 10.7 Å². The first-order chi connectivity index (χ1) is 15.8. The lowest BCUT2D eigenvalue weighted by Gasteiger charge is -2.26. The third-order valence-corrected chi connectivity index (χ3v) is 7.08. The van der Waals surface area contributed by atoms with Gasteiger partial charge in [-0.1, -0.05) is 43.5 Å². The Labute approximate surface area is 191 Å². The van der Waals surface area contributed by atoms with Crippen LogP contribution >= 0.6 is 0 Å². The normalized spacial score (nSPS) is 17.1. The van der Waals surface area contributed by atoms with Crippen LogP contribution in [0.2, 0.25) is 0 Å². The van der Waals surface area contributed by atoms with Crippen LogP contribution in [-0.4, -0.2) is 43.7 Å². The van der Waals surface area contributed by atoms with Gasteiger partial charge in [-0.2, -0.15) is 8.42 Å². The summed E-state index contributed by atoms with van der Waals surface area (Å²) >= 11 is 0. The maximum atomic E-state index is 14.1. The Balaban J connectivity index is 1.55. The van der Waals surface area contributed by atoms with E-state index in [0.29, 0.717) is 5.56 Å². The second kappa shape index (κ2) is 9.70. The summed E-state index contributed by atoms with van der Waals surface area (Å²) < 4.78 is 43.0. The van der Waals surface area contributed by atoms with Crippen molar-refractivity contribution in [2.75, 3.05) is 6.54 Å². The molecule has 0 unspecified atom stereocenters. The molecule has 1 saturated carbocycles. The van der Waals surface area contributed by atoms with Crippen LogP contribution in [-0.2, 0) is 14.8 Å². The maximum Gasteiger partial charge on any atom is 0.285 e. The van der Waals surface area contributed by atoms with E-state index in [1.165, 1.54) is 29.3 Å². The number of carbonyl (C=O) groups excluding carboxylic acids is 2. The average molecular weight is 473 g/mol. The molecule has 0 saturated heterocycles. The van der Waals surface area contributed by atoms with Gasteiger partial charge in [0.1, 0.15) is 10.7 Å². The Bertz CT molecular complexity index is 1190. The molecule has 8 nitrogen and oxygen atoms in total. The van der Waals surface area contributed by atoms with Crippen molar-refractivity contribution in [2.24, 2.45) is 4.40 Å². The molecular weight excluding hydrogens is 447 g/mol. The van der Waals surface area contributed by atoms with E-state index in [1.807, 2.05) is 0 Å². The second-order valence-corrected chi connectivity index (χ2v) is 9.68. The standard InChI is InChI=1S/C23H25FN4O4S/c24-19-12-6-4-10-17(19)23(30)26-28(15-14-21(29)25-16-8-2-1-3-9-16)22-18-11-5-7-13-20(18)33(31,32)27-22/h4-7,10-13,16H,1-3,8-9,14-15H2,(H,25,29)(H,26,30). The van der Waals surface area contributed by atoms with Crippen LogP contribution in [0.5, 0.6) is 0 Å². The van der Waals surface area contributed by atoms with Gasteiger partial charge in [0, 0.05) is 24.6 Å². The maximum absolute atomic E-state index is 14.1. The molecule has 0 atom stereocenters. The number of amides is 2. The molecule has 4 rings (SSSR count). The van der Waals surface area contributed by atoms with Gasteiger partial charge in [-0.3, -0.25) is 20.0 Å². The lowest BCUT2D eigenvalue weighted by Crippen LogP contribution is -2.48. The quantitative estimate of drug-likeness (QED) is 0.651. The highest BCUT2D eigenvalue weighted by Gasteiger charge is 2.33. The van der Waals surface area contributed by atoms with E-state index in [2.05, 4.69) is 15.1 Å². The van der Waals surface area contributed by atoms with Gasteiger partial charge in [0.25, 0.3) is 15.9 Å². The number of hydrogen-bond acceptors (Lipinski definition) is 5. The van der Waals surface area contributed by atoms with Gasteiger partial charge in [0.2, 0.25) is 5.91 Å². The van der Waals surface area contributed by atoms with Gasteiger partial charge in [0.15, 0.2) is 5.84 Å². The molecule has 2 amide bonds. The first-order valence-corrected chi connectivity index (χ1v) is 12.4. The van der Waals surface area contributed by atoms with Crippen molar-refractivity contribution in [1.29, 1.82) is 0 Å². The number of nitrogens with one attached hydrogen (secondary N) is 2. The lowest BCUT2D eigenvalue weighted by molar-refractivity contribution is -0.122. The zero-order chi connectivity index (χ0) is 23.4. The van der Waals surface area contributed by atoms with Gasteiger partial charge in [-0.15, -0.1) is 4.40 Å². The number of rotatable bonds is 5. The van der Waals surface area contributed by atoms with Gasteiger partial charge in [-0.25, -0.2) is 4.39 Å². The molecule has 1 heterocycles. The third-order valence-electron chi connectivity index (χ3n) is 5.76. The van der Waals surface area contributed by atoms with E-state index in [0.717, 1.165) is 38.2 Å². The highest BCUT2D eigenvalue weighted by Crippen LogP contribution is 2.27. The smallest absolute Gasteiger partial charge is 0.285 e. The minimum atomic E-state index is -3.95. The highest BCUT2D eigenvalue weighted by atomic mass is 32.2. The number of benzene rings is 2. The molecule has 2 aromatic rings. The molecule has 2 aliphatic rings. The van der Waals surface area contributed by atoms with Gasteiger partial charge in [-0.05, 0) is 37.1 Å². The van der Waals surface area contributed by atoms with E-state index < -0.39 is 21.7 Å². The summed E-state index contributed by atoms with van der Waals surface area (Å²) in [5, 5.41) is 4.20. The van der Waals surface area contributed by atoms with Crippen molar-refractivity contribution in [1.82, 2.24) is 15.8 Å². The fourth-order valence-corrected chi connectivity index (χ4v) is 5.30. The van der Waals surface area contributed by atoms with E-state index >= 15 is 0 Å². The van der Waals surface area contributed by atoms with Crippen LogP contribution in [0.25, 0.3) is 0 Å². The minimum absolute atomic E-state index is 0.00468. The van der Waals surface area contributed by atoms with Crippen LogP contribution in [0, 0.1) is 5.82 Å². The number of sulfonamides is 1. The second-order valence-electron chi connectivity index (χ2n) is 8.11. The van der Waals surface area contributed by atoms with Crippen molar-refractivity contribution in [3.63, 3.8) is 0 Å². The zero-order valence-corrected chi connectivity index (χ0v) is 18.8. The number of carbonyl (C=O) groups is 2. The number of halogens is 1. The van der Waals surface area contributed by atoms with Crippen LogP contribution in [0.4, 0.5) is 4.39 Å². The van der Waals surface area contributed by atoms with Crippen molar-refractivity contribution in [2.45, 2.75) is 49.5 Å². The SMILES string of the molecule is O=C(CCN(NC(=O)c1ccccc1F)C1=NS(=O)(=O)c2ccccc21)NC1CCCCC1. The topological polar surface area (TPSA) is 108 Å². The predicted molar refractivity (Wildman–Crippen MR) is 120 cm³/mol. The molecule has 2 aromatic carbocycles. The van der Waals surface area contributed by atoms with Crippen LogP contribution in [0.3, 0.4) is 0 Å². The van der Waals surface area contributed by atoms with Crippen molar-refractivity contribution >= 4 is 27.7 Å². The van der Waals surface area contributed by atoms with Gasteiger partial charge < -0.3 is 5.32 Å². The Morgan fingerprint density at radius 2 is 1.73 bits per heavy atom. The van der Waals surface area contributed by atoms with E-state index in [9.17, 15) is 22.4 Å². The van der Waals surface area contributed by atoms with Crippen LogP contribution in [0.15, 0.2) is 57.8 Å². The molecular formula is C23H25FN4O4S. The van der Waals surface area contributed by atoms with Gasteiger partial charge >= 0.3 is 0 Å². The molecule has 10 heteroatoms. The van der Waals surface area contributed by atoms with Crippen molar-refractivity contribution in [3.8, 4) is 0 Å². The van der Waals surface area contributed by atoms with Crippen molar-refractivity contribution in [3.05, 3.63) is 65.5 Å². The fraction of sp³-hybridized carbons (Fsp3) is 0.348. The number of hydrogen-bond donors (Lipinski definition) is 2. The molecule has 174 valence electrons. The first-order valence-electron chi connectivity index (χ1n) is 10.9. The zero-order valence-electron chi connectivity index (χ0n) is 18.0. The number of hydrazine groups is 1. The average Bonchev–Trinajstić information content (AvgIpc) is 3.08. The molecule has 1 fully saturated rings. The summed E-state index contributed by atoms with van der Waals surface area (Å²) in [4.78, 5) is 25.3. The monoisotopic (exact) mass is 472 g/mol. The minimum Gasteiger partial charge on any atom is -0.353 e. The van der Waals surface area contributed by atoms with E-state index in [-0.39, 0.29) is 41.2 Å². The van der Waals surface area contributed by atoms with E-state index in [4.69, 9.17) is 0 Å². The molecule has 0 bridgehead atoms. The Morgan fingerprint density at radius 3 is 2.48 bits per heavy atom. The third kappa shape index (κ3) is 5.22. The summed E-state index contributed by atoms with van der Waals surface area (Å²) in [5.41, 5.74) is 2.63. The fourth-order valence-electron chi connectivity index (χ4n) is 4.09. The molecule has 33 heavy (non-hydrogen) atoms. The summed E-state index contributed by atoms with van der Waals surface area (Å²) in [5.74, 6) is -1.71. The number of nitrogens with zero attached hydrogens (tertiary/aromatic N) is 2. The Hall–Kier alpha value is -3.27.